The molecular weight excluding hydrogens is 288 g/mol. The van der Waals surface area contributed by atoms with Crippen molar-refractivity contribution < 1.29 is 9.53 Å². The molecule has 3 N–H and O–H groups in total. The Kier molecular flexibility index (Phi) is 5.58. The Balaban J connectivity index is 3.07. The van der Waals surface area contributed by atoms with Crippen LogP contribution in [0.1, 0.15) is 36.0 Å². The van der Waals surface area contributed by atoms with Crippen molar-refractivity contribution in [1.29, 1.82) is 5.26 Å². The zero-order chi connectivity index (χ0) is 16.2. The molecule has 1 aromatic rings. The number of anilines is 2. The molecule has 116 valence electrons. The van der Waals surface area contributed by atoms with Gasteiger partial charge in [-0.3, -0.25) is 0 Å². The van der Waals surface area contributed by atoms with E-state index in [4.69, 9.17) is 15.7 Å². The molecule has 0 saturated heterocycles. The highest BCUT2D eigenvalue weighted by Crippen LogP contribution is 2.36. The van der Waals surface area contributed by atoms with Gasteiger partial charge in [-0.2, -0.15) is 5.26 Å². The van der Waals surface area contributed by atoms with E-state index in [1.807, 2.05) is 20.2 Å². The highest BCUT2D eigenvalue weighted by atomic mass is 32.1. The van der Waals surface area contributed by atoms with Gasteiger partial charge in [0.05, 0.1) is 12.3 Å². The Morgan fingerprint density at radius 2 is 2.14 bits per heavy atom. The van der Waals surface area contributed by atoms with E-state index in [1.54, 1.807) is 6.92 Å². The van der Waals surface area contributed by atoms with Crippen LogP contribution in [-0.4, -0.2) is 43.7 Å². The minimum absolute atomic E-state index is 0.114. The van der Waals surface area contributed by atoms with Crippen LogP contribution in [0.25, 0.3) is 0 Å². The molecule has 0 amide bonds. The van der Waals surface area contributed by atoms with Gasteiger partial charge >= 0.3 is 5.97 Å². The number of hydrogen-bond acceptors (Lipinski definition) is 7. The van der Waals surface area contributed by atoms with Crippen LogP contribution in [0.5, 0.6) is 0 Å². The Morgan fingerprint density at radius 1 is 1.52 bits per heavy atom. The first kappa shape index (κ1) is 17.3. The number of nitrogens with two attached hydrogens (primary N) is 1. The standard InChI is InChI=1S/C14H22N4O2S/c1-6-20-13(19)10-11(16)9(7-15)21-12(10)17-8-14(2,3)18(4)5/h17H,6,8,16H2,1-5H3. The molecule has 0 aromatic carbocycles. The van der Waals surface area contributed by atoms with Crippen LogP contribution in [0.15, 0.2) is 0 Å². The quantitative estimate of drug-likeness (QED) is 0.782. The normalized spacial score (nSPS) is 11.3. The first-order chi connectivity index (χ1) is 9.74. The van der Waals surface area contributed by atoms with Crippen molar-refractivity contribution >= 4 is 28.0 Å². The third-order valence-electron chi connectivity index (χ3n) is 3.42. The fourth-order valence-electron chi connectivity index (χ4n) is 1.51. The number of nitriles is 1. The SMILES string of the molecule is CCOC(=O)c1c(NCC(C)(C)N(C)C)sc(C#N)c1N. The summed E-state index contributed by atoms with van der Waals surface area (Å²) in [7, 11) is 3.97. The second-order valence-corrected chi connectivity index (χ2v) is 6.46. The molecular formula is C14H22N4O2S. The number of esters is 1. The number of hydrogen-bond donors (Lipinski definition) is 2. The molecule has 0 unspecified atom stereocenters. The first-order valence-electron chi connectivity index (χ1n) is 6.65. The molecule has 1 aromatic heterocycles. The van der Waals surface area contributed by atoms with E-state index in [-0.39, 0.29) is 23.4 Å². The number of carbonyl (C=O) groups is 1. The van der Waals surface area contributed by atoms with Gasteiger partial charge in [-0.25, -0.2) is 4.79 Å². The Bertz CT molecular complexity index is 558. The monoisotopic (exact) mass is 310 g/mol. The average molecular weight is 310 g/mol. The van der Waals surface area contributed by atoms with E-state index in [2.05, 4.69) is 24.1 Å². The summed E-state index contributed by atoms with van der Waals surface area (Å²) in [6.07, 6.45) is 0. The van der Waals surface area contributed by atoms with Crippen LogP contribution < -0.4 is 11.1 Å². The number of ether oxygens (including phenoxy) is 1. The highest BCUT2D eigenvalue weighted by molar-refractivity contribution is 7.17. The fourth-order valence-corrected chi connectivity index (χ4v) is 2.41. The van der Waals surface area contributed by atoms with Gasteiger partial charge in [0.1, 0.15) is 21.5 Å². The van der Waals surface area contributed by atoms with Crippen LogP contribution in [0.3, 0.4) is 0 Å². The maximum atomic E-state index is 12.0. The third-order valence-corrected chi connectivity index (χ3v) is 4.49. The van der Waals surface area contributed by atoms with Crippen molar-refractivity contribution in [2.45, 2.75) is 26.3 Å². The molecule has 0 aliphatic heterocycles. The predicted octanol–water partition coefficient (Wildman–Crippen LogP) is 2.13. The first-order valence-corrected chi connectivity index (χ1v) is 7.47. The Morgan fingerprint density at radius 3 is 2.62 bits per heavy atom. The molecule has 0 aliphatic carbocycles. The molecule has 0 saturated carbocycles. The zero-order valence-corrected chi connectivity index (χ0v) is 13.9. The summed E-state index contributed by atoms with van der Waals surface area (Å²) < 4.78 is 5.01. The minimum atomic E-state index is -0.502. The predicted molar refractivity (Wildman–Crippen MR) is 85.7 cm³/mol. The summed E-state index contributed by atoms with van der Waals surface area (Å²) >= 11 is 1.18. The number of likely N-dealkylation sites (N-methyl/N-ethyl adjacent to an activating group) is 1. The largest absolute Gasteiger partial charge is 0.462 e. The second kappa shape index (κ2) is 6.78. The molecule has 0 spiro atoms. The summed E-state index contributed by atoms with van der Waals surface area (Å²) in [4.78, 5) is 14.4. The van der Waals surface area contributed by atoms with E-state index in [1.165, 1.54) is 11.3 Å². The van der Waals surface area contributed by atoms with E-state index >= 15 is 0 Å². The summed E-state index contributed by atoms with van der Waals surface area (Å²) in [5.41, 5.74) is 6.21. The lowest BCUT2D eigenvalue weighted by Crippen LogP contribution is -2.44. The molecule has 7 heteroatoms. The number of nitrogens with zero attached hydrogens (tertiary/aromatic N) is 2. The third kappa shape index (κ3) is 3.86. The molecule has 6 nitrogen and oxygen atoms in total. The number of rotatable bonds is 6. The van der Waals surface area contributed by atoms with Gasteiger partial charge in [0.2, 0.25) is 0 Å². The Hall–Kier alpha value is -1.78. The van der Waals surface area contributed by atoms with Gasteiger partial charge in [0.15, 0.2) is 0 Å². The summed E-state index contributed by atoms with van der Waals surface area (Å²) in [5, 5.41) is 12.9. The van der Waals surface area contributed by atoms with Crippen molar-refractivity contribution in [1.82, 2.24) is 4.90 Å². The lowest BCUT2D eigenvalue weighted by molar-refractivity contribution is 0.0529. The number of nitrogens with one attached hydrogen (secondary N) is 1. The summed E-state index contributed by atoms with van der Waals surface area (Å²) in [6, 6.07) is 2.01. The fraction of sp³-hybridized carbons (Fsp3) is 0.571. The Labute approximate surface area is 129 Å². The topological polar surface area (TPSA) is 91.4 Å². The van der Waals surface area contributed by atoms with E-state index in [0.717, 1.165) is 0 Å². The molecule has 0 bridgehead atoms. The molecule has 0 aliphatic rings. The molecule has 0 radical (unpaired) electrons. The van der Waals surface area contributed by atoms with Crippen molar-refractivity contribution in [2.24, 2.45) is 0 Å². The molecule has 1 rings (SSSR count). The molecule has 21 heavy (non-hydrogen) atoms. The van der Waals surface area contributed by atoms with Gasteiger partial charge in [0, 0.05) is 12.1 Å². The van der Waals surface area contributed by atoms with Crippen molar-refractivity contribution in [3.63, 3.8) is 0 Å². The van der Waals surface area contributed by atoms with Crippen molar-refractivity contribution in [2.75, 3.05) is 38.3 Å². The molecule has 0 atom stereocenters. The van der Waals surface area contributed by atoms with Crippen LogP contribution in [0.2, 0.25) is 0 Å². The van der Waals surface area contributed by atoms with Crippen LogP contribution >= 0.6 is 11.3 Å². The van der Waals surface area contributed by atoms with Crippen LogP contribution in [-0.2, 0) is 4.74 Å². The van der Waals surface area contributed by atoms with Gasteiger partial charge in [-0.05, 0) is 34.9 Å². The minimum Gasteiger partial charge on any atom is -0.462 e. The van der Waals surface area contributed by atoms with Gasteiger partial charge in [-0.1, -0.05) is 0 Å². The lowest BCUT2D eigenvalue weighted by atomic mass is 10.0. The maximum absolute atomic E-state index is 12.0. The van der Waals surface area contributed by atoms with E-state index in [0.29, 0.717) is 16.4 Å². The van der Waals surface area contributed by atoms with E-state index < -0.39 is 5.97 Å². The molecule has 1 heterocycles. The summed E-state index contributed by atoms with van der Waals surface area (Å²) in [5.74, 6) is -0.502. The van der Waals surface area contributed by atoms with Crippen LogP contribution in [0, 0.1) is 11.3 Å². The van der Waals surface area contributed by atoms with Crippen molar-refractivity contribution in [3.05, 3.63) is 10.4 Å². The number of nitrogen functional groups attached to an aromatic ring is 1. The smallest absolute Gasteiger partial charge is 0.343 e. The zero-order valence-electron chi connectivity index (χ0n) is 13.1. The average Bonchev–Trinajstić information content (AvgIpc) is 2.73. The number of carbonyl (C=O) groups excluding carboxylic acids is 1. The van der Waals surface area contributed by atoms with Gasteiger partial charge < -0.3 is 20.7 Å². The van der Waals surface area contributed by atoms with Crippen LogP contribution in [0.4, 0.5) is 10.7 Å². The molecule has 0 fully saturated rings. The number of thiophene rings is 1. The van der Waals surface area contributed by atoms with Gasteiger partial charge in [0.25, 0.3) is 0 Å². The maximum Gasteiger partial charge on any atom is 0.343 e. The highest BCUT2D eigenvalue weighted by Gasteiger charge is 2.26. The van der Waals surface area contributed by atoms with Crippen molar-refractivity contribution in [3.8, 4) is 6.07 Å². The summed E-state index contributed by atoms with van der Waals surface area (Å²) in [6.45, 7) is 6.75. The lowest BCUT2D eigenvalue weighted by Gasteiger charge is -2.32. The van der Waals surface area contributed by atoms with Gasteiger partial charge in [-0.15, -0.1) is 11.3 Å². The second-order valence-electron chi connectivity index (χ2n) is 5.44. The van der Waals surface area contributed by atoms with E-state index in [9.17, 15) is 4.79 Å².